The van der Waals surface area contributed by atoms with E-state index in [1.165, 1.54) is 7.11 Å². The van der Waals surface area contributed by atoms with Crippen LogP contribution in [0, 0.1) is 0 Å². The number of nitrogens with one attached hydrogen (secondary N) is 1. The Morgan fingerprint density at radius 2 is 1.91 bits per heavy atom. The monoisotopic (exact) mass is 348 g/mol. The molecule has 2 aromatic carbocycles. The Morgan fingerprint density at radius 1 is 1.22 bits per heavy atom. The third-order valence-corrected chi connectivity index (χ3v) is 6.41. The lowest BCUT2D eigenvalue weighted by Crippen LogP contribution is -2.25. The predicted octanol–water partition coefficient (Wildman–Crippen LogP) is 2.80. The SMILES string of the molecule is COP(=O)(c1ccccc1)c1c(C(N)=O)[nH]c2ccc(Cl)cc12. The van der Waals surface area contributed by atoms with Gasteiger partial charge in [0.25, 0.3) is 13.3 Å². The maximum absolute atomic E-state index is 13.6. The second-order valence-electron chi connectivity index (χ2n) is 4.97. The quantitative estimate of drug-likeness (QED) is 0.711. The molecule has 3 N–H and O–H groups in total. The fraction of sp³-hybridized carbons (Fsp3) is 0.0625. The van der Waals surface area contributed by atoms with E-state index in [1.54, 1.807) is 42.5 Å². The van der Waals surface area contributed by atoms with E-state index in [1.807, 2.05) is 6.07 Å². The first-order chi connectivity index (χ1) is 11.0. The number of fused-ring (bicyclic) bond motifs is 1. The molecular weight excluding hydrogens is 335 g/mol. The lowest BCUT2D eigenvalue weighted by Gasteiger charge is -2.17. The number of aromatic nitrogens is 1. The molecule has 0 spiro atoms. The number of rotatable bonds is 4. The van der Waals surface area contributed by atoms with Crippen molar-refractivity contribution >= 4 is 46.4 Å². The molecule has 0 bridgehead atoms. The largest absolute Gasteiger partial charge is 0.364 e. The molecule has 0 aliphatic carbocycles. The number of primary amides is 1. The number of carbonyl (C=O) groups is 1. The highest BCUT2D eigenvalue weighted by molar-refractivity contribution is 7.75. The molecule has 1 unspecified atom stereocenters. The van der Waals surface area contributed by atoms with Crippen LogP contribution in [0.1, 0.15) is 10.5 Å². The zero-order valence-corrected chi connectivity index (χ0v) is 13.9. The van der Waals surface area contributed by atoms with E-state index in [4.69, 9.17) is 21.9 Å². The Morgan fingerprint density at radius 3 is 2.52 bits per heavy atom. The van der Waals surface area contributed by atoms with E-state index < -0.39 is 13.3 Å². The molecule has 0 aliphatic rings. The third-order valence-electron chi connectivity index (χ3n) is 3.63. The van der Waals surface area contributed by atoms with Gasteiger partial charge in [-0.15, -0.1) is 0 Å². The van der Waals surface area contributed by atoms with Crippen molar-refractivity contribution in [3.8, 4) is 0 Å². The number of nitrogens with two attached hydrogens (primary N) is 1. The fourth-order valence-electron chi connectivity index (χ4n) is 2.58. The Bertz CT molecular complexity index is 937. The highest BCUT2D eigenvalue weighted by atomic mass is 35.5. The third kappa shape index (κ3) is 2.57. The maximum Gasteiger partial charge on any atom is 0.266 e. The molecule has 3 rings (SSSR count). The van der Waals surface area contributed by atoms with Gasteiger partial charge in [-0.05, 0) is 30.3 Å². The normalized spacial score (nSPS) is 13.8. The number of carbonyl (C=O) groups excluding carboxylic acids is 1. The first kappa shape index (κ1) is 15.8. The second-order valence-corrected chi connectivity index (χ2v) is 7.84. The van der Waals surface area contributed by atoms with Crippen molar-refractivity contribution in [2.45, 2.75) is 0 Å². The average Bonchev–Trinajstić information content (AvgIpc) is 2.94. The van der Waals surface area contributed by atoms with Crippen LogP contribution in [0.3, 0.4) is 0 Å². The van der Waals surface area contributed by atoms with Gasteiger partial charge in [0, 0.05) is 28.3 Å². The first-order valence-corrected chi connectivity index (χ1v) is 8.80. The summed E-state index contributed by atoms with van der Waals surface area (Å²) in [6, 6.07) is 13.7. The van der Waals surface area contributed by atoms with Gasteiger partial charge in [-0.1, -0.05) is 29.8 Å². The lowest BCUT2D eigenvalue weighted by molar-refractivity contribution is 0.0997. The van der Waals surface area contributed by atoms with Crippen molar-refractivity contribution in [1.29, 1.82) is 0 Å². The Balaban J connectivity index is 2.41. The predicted molar refractivity (Wildman–Crippen MR) is 92.2 cm³/mol. The molecule has 1 amide bonds. The Hall–Kier alpha value is -2.07. The Labute approximate surface area is 137 Å². The molecule has 118 valence electrons. The van der Waals surface area contributed by atoms with E-state index >= 15 is 0 Å². The number of benzene rings is 2. The molecule has 23 heavy (non-hydrogen) atoms. The van der Waals surface area contributed by atoms with E-state index in [-0.39, 0.29) is 11.0 Å². The summed E-state index contributed by atoms with van der Waals surface area (Å²) >= 11 is 6.06. The van der Waals surface area contributed by atoms with Crippen molar-refractivity contribution in [3.05, 3.63) is 59.2 Å². The minimum atomic E-state index is -3.50. The van der Waals surface area contributed by atoms with Crippen molar-refractivity contribution in [3.63, 3.8) is 0 Å². The summed E-state index contributed by atoms with van der Waals surface area (Å²) < 4.78 is 19.0. The van der Waals surface area contributed by atoms with Gasteiger partial charge in [-0.3, -0.25) is 9.36 Å². The van der Waals surface area contributed by atoms with Crippen LogP contribution in [0.2, 0.25) is 5.02 Å². The molecule has 5 nitrogen and oxygen atoms in total. The summed E-state index contributed by atoms with van der Waals surface area (Å²) in [6.07, 6.45) is 0. The molecule has 0 aliphatic heterocycles. The fourth-order valence-corrected chi connectivity index (χ4v) is 4.93. The zero-order chi connectivity index (χ0) is 16.6. The summed E-state index contributed by atoms with van der Waals surface area (Å²) in [5.41, 5.74) is 6.15. The zero-order valence-electron chi connectivity index (χ0n) is 12.2. The molecule has 0 saturated heterocycles. The van der Waals surface area contributed by atoms with Crippen LogP contribution in [-0.2, 0) is 9.09 Å². The van der Waals surface area contributed by atoms with Crippen LogP contribution in [0.5, 0.6) is 0 Å². The standard InChI is InChI=1S/C16H14ClN2O3P/c1-22-23(21,11-5-3-2-4-6-11)15-12-9-10(17)7-8-13(12)19-14(15)16(18)20/h2-9,19H,1H3,(H2,18,20). The van der Waals surface area contributed by atoms with Crippen molar-refractivity contribution in [1.82, 2.24) is 4.98 Å². The van der Waals surface area contributed by atoms with E-state index in [9.17, 15) is 9.36 Å². The van der Waals surface area contributed by atoms with Crippen LogP contribution in [-0.4, -0.2) is 18.0 Å². The molecule has 1 heterocycles. The van der Waals surface area contributed by atoms with Crippen molar-refractivity contribution in [2.24, 2.45) is 5.73 Å². The molecule has 0 fully saturated rings. The number of halogens is 1. The number of aromatic amines is 1. The van der Waals surface area contributed by atoms with Gasteiger partial charge in [-0.25, -0.2) is 0 Å². The van der Waals surface area contributed by atoms with Gasteiger partial charge < -0.3 is 15.2 Å². The molecular formula is C16H14ClN2O3P. The van der Waals surface area contributed by atoms with Crippen molar-refractivity contribution in [2.75, 3.05) is 7.11 Å². The number of amides is 1. The molecule has 1 aromatic heterocycles. The van der Waals surface area contributed by atoms with Gasteiger partial charge in [-0.2, -0.15) is 0 Å². The molecule has 0 radical (unpaired) electrons. The lowest BCUT2D eigenvalue weighted by atomic mass is 10.2. The second kappa shape index (κ2) is 5.85. The van der Waals surface area contributed by atoms with E-state index in [2.05, 4.69) is 4.98 Å². The van der Waals surface area contributed by atoms with Gasteiger partial charge in [0.15, 0.2) is 0 Å². The van der Waals surface area contributed by atoms with Gasteiger partial charge in [0.1, 0.15) is 5.69 Å². The van der Waals surface area contributed by atoms with Crippen LogP contribution in [0.25, 0.3) is 10.9 Å². The minimum absolute atomic E-state index is 0.0660. The van der Waals surface area contributed by atoms with E-state index in [0.717, 1.165) is 0 Å². The highest BCUT2D eigenvalue weighted by Crippen LogP contribution is 2.47. The molecule has 3 aromatic rings. The average molecular weight is 349 g/mol. The maximum atomic E-state index is 13.6. The summed E-state index contributed by atoms with van der Waals surface area (Å²) in [5, 5.41) is 1.74. The van der Waals surface area contributed by atoms with Crippen molar-refractivity contribution < 1.29 is 13.9 Å². The van der Waals surface area contributed by atoms with Gasteiger partial charge in [0.2, 0.25) is 0 Å². The van der Waals surface area contributed by atoms with Crippen LogP contribution < -0.4 is 16.3 Å². The van der Waals surface area contributed by atoms with Crippen LogP contribution in [0.15, 0.2) is 48.5 Å². The molecule has 0 saturated carbocycles. The summed E-state index contributed by atoms with van der Waals surface area (Å²) in [7, 11) is -2.16. The first-order valence-electron chi connectivity index (χ1n) is 6.80. The van der Waals surface area contributed by atoms with Gasteiger partial charge in [0.05, 0.1) is 5.30 Å². The summed E-state index contributed by atoms with van der Waals surface area (Å²) in [4.78, 5) is 14.8. The molecule has 7 heteroatoms. The van der Waals surface area contributed by atoms with Gasteiger partial charge >= 0.3 is 0 Å². The smallest absolute Gasteiger partial charge is 0.266 e. The van der Waals surface area contributed by atoms with Crippen LogP contribution in [0.4, 0.5) is 0 Å². The minimum Gasteiger partial charge on any atom is -0.364 e. The number of hydrogen-bond acceptors (Lipinski definition) is 3. The summed E-state index contributed by atoms with van der Waals surface area (Å²) in [6.45, 7) is 0. The topological polar surface area (TPSA) is 85.2 Å². The van der Waals surface area contributed by atoms with Crippen LogP contribution >= 0.6 is 19.0 Å². The number of hydrogen-bond donors (Lipinski definition) is 2. The van der Waals surface area contributed by atoms with E-state index in [0.29, 0.717) is 21.2 Å². The summed E-state index contributed by atoms with van der Waals surface area (Å²) in [5.74, 6) is -0.708. The Kier molecular flexibility index (Phi) is 4.02. The highest BCUT2D eigenvalue weighted by Gasteiger charge is 2.35. The molecule has 1 atom stereocenters. The number of H-pyrrole nitrogens is 1.